The van der Waals surface area contributed by atoms with Crippen LogP contribution in [-0.4, -0.2) is 19.2 Å². The number of hydrogen-bond acceptors (Lipinski definition) is 2. The minimum atomic E-state index is -2.15. The van der Waals surface area contributed by atoms with Gasteiger partial charge < -0.3 is 10.1 Å². The normalized spacial score (nSPS) is 16.2. The molecular formula is C15H18F5NO. The van der Waals surface area contributed by atoms with Gasteiger partial charge in [0.2, 0.25) is 5.82 Å². The molecule has 0 amide bonds. The van der Waals surface area contributed by atoms with Gasteiger partial charge >= 0.3 is 0 Å². The first-order chi connectivity index (χ1) is 10.5. The summed E-state index contributed by atoms with van der Waals surface area (Å²) >= 11 is 0. The van der Waals surface area contributed by atoms with Crippen LogP contribution in [0.15, 0.2) is 0 Å². The van der Waals surface area contributed by atoms with Crippen LogP contribution in [0.2, 0.25) is 0 Å². The van der Waals surface area contributed by atoms with E-state index in [1.807, 2.05) is 0 Å². The molecule has 7 heteroatoms. The Labute approximate surface area is 125 Å². The molecule has 1 aromatic carbocycles. The quantitative estimate of drug-likeness (QED) is 0.372. The molecule has 0 saturated heterocycles. The first-order valence-electron chi connectivity index (χ1n) is 7.33. The third-order valence-corrected chi connectivity index (χ3v) is 3.83. The Morgan fingerprint density at radius 3 is 1.95 bits per heavy atom. The topological polar surface area (TPSA) is 21.3 Å². The summed E-state index contributed by atoms with van der Waals surface area (Å²) in [6, 6.07) is 0.409. The molecule has 0 radical (unpaired) electrons. The lowest BCUT2D eigenvalue weighted by molar-refractivity contribution is 0.112. The first-order valence-corrected chi connectivity index (χ1v) is 7.33. The van der Waals surface area contributed by atoms with Gasteiger partial charge in [-0.05, 0) is 12.8 Å². The molecule has 0 heterocycles. The second-order valence-corrected chi connectivity index (χ2v) is 5.39. The van der Waals surface area contributed by atoms with Gasteiger partial charge in [0.05, 0.1) is 18.8 Å². The molecule has 0 unspecified atom stereocenters. The summed E-state index contributed by atoms with van der Waals surface area (Å²) in [4.78, 5) is 0. The van der Waals surface area contributed by atoms with E-state index < -0.39 is 41.3 Å². The van der Waals surface area contributed by atoms with Crippen LogP contribution >= 0.6 is 0 Å². The fraction of sp³-hybridized carbons (Fsp3) is 0.600. The van der Waals surface area contributed by atoms with Gasteiger partial charge in [-0.2, -0.15) is 0 Å². The maximum Gasteiger partial charge on any atom is 0.200 e. The van der Waals surface area contributed by atoms with E-state index in [1.165, 1.54) is 19.3 Å². The van der Waals surface area contributed by atoms with E-state index in [0.29, 0.717) is 12.6 Å². The van der Waals surface area contributed by atoms with Crippen molar-refractivity contribution in [2.24, 2.45) is 0 Å². The van der Waals surface area contributed by atoms with Crippen LogP contribution < -0.4 is 5.32 Å². The van der Waals surface area contributed by atoms with Crippen LogP contribution in [0.5, 0.6) is 0 Å². The molecule has 1 fully saturated rings. The highest BCUT2D eigenvalue weighted by atomic mass is 19.2. The largest absolute Gasteiger partial charge is 0.375 e. The summed E-state index contributed by atoms with van der Waals surface area (Å²) in [6.07, 6.45) is 5.73. The Hall–Kier alpha value is -1.21. The van der Waals surface area contributed by atoms with Crippen molar-refractivity contribution >= 4 is 0 Å². The molecule has 1 saturated carbocycles. The molecule has 0 aliphatic heterocycles. The zero-order chi connectivity index (χ0) is 16.1. The molecule has 1 aliphatic carbocycles. The van der Waals surface area contributed by atoms with E-state index >= 15 is 0 Å². The van der Waals surface area contributed by atoms with Crippen molar-refractivity contribution in [3.8, 4) is 0 Å². The van der Waals surface area contributed by atoms with Crippen molar-refractivity contribution in [3.05, 3.63) is 34.6 Å². The Kier molecular flexibility index (Phi) is 6.14. The maximum atomic E-state index is 13.4. The molecular weight excluding hydrogens is 305 g/mol. The molecule has 2 nitrogen and oxygen atoms in total. The molecule has 1 aliphatic rings. The number of benzene rings is 1. The van der Waals surface area contributed by atoms with Crippen molar-refractivity contribution in [1.82, 2.24) is 5.32 Å². The molecule has 124 valence electrons. The Morgan fingerprint density at radius 2 is 1.36 bits per heavy atom. The molecule has 0 atom stereocenters. The average Bonchev–Trinajstić information content (AvgIpc) is 2.54. The van der Waals surface area contributed by atoms with Crippen LogP contribution in [-0.2, 0) is 11.3 Å². The van der Waals surface area contributed by atoms with Crippen LogP contribution in [0.3, 0.4) is 0 Å². The van der Waals surface area contributed by atoms with E-state index in [1.54, 1.807) is 0 Å². The fourth-order valence-corrected chi connectivity index (χ4v) is 2.59. The summed E-state index contributed by atoms with van der Waals surface area (Å²) in [6.45, 7) is -0.0474. The molecule has 0 aromatic heterocycles. The summed E-state index contributed by atoms with van der Waals surface area (Å²) < 4.78 is 70.6. The summed E-state index contributed by atoms with van der Waals surface area (Å²) in [5.74, 6) is -9.72. The van der Waals surface area contributed by atoms with Crippen molar-refractivity contribution in [2.45, 2.75) is 44.8 Å². The van der Waals surface area contributed by atoms with Crippen LogP contribution in [0.25, 0.3) is 0 Å². The second-order valence-electron chi connectivity index (χ2n) is 5.39. The van der Waals surface area contributed by atoms with Crippen molar-refractivity contribution in [2.75, 3.05) is 13.2 Å². The molecule has 1 aromatic rings. The van der Waals surface area contributed by atoms with Crippen LogP contribution in [0.1, 0.15) is 37.7 Å². The lowest BCUT2D eigenvalue weighted by Gasteiger charge is -2.22. The van der Waals surface area contributed by atoms with Gasteiger partial charge in [-0.15, -0.1) is 0 Å². The van der Waals surface area contributed by atoms with Crippen LogP contribution in [0, 0.1) is 29.1 Å². The Balaban J connectivity index is 1.82. The number of halogens is 5. The summed E-state index contributed by atoms with van der Waals surface area (Å²) in [7, 11) is 0. The second kappa shape index (κ2) is 7.87. The van der Waals surface area contributed by atoms with Crippen molar-refractivity contribution < 1.29 is 26.7 Å². The highest BCUT2D eigenvalue weighted by molar-refractivity contribution is 5.23. The minimum Gasteiger partial charge on any atom is -0.375 e. The van der Waals surface area contributed by atoms with Crippen LogP contribution in [0.4, 0.5) is 22.0 Å². The monoisotopic (exact) mass is 323 g/mol. The molecule has 22 heavy (non-hydrogen) atoms. The van der Waals surface area contributed by atoms with Gasteiger partial charge in [0.25, 0.3) is 0 Å². The number of rotatable bonds is 6. The number of nitrogens with one attached hydrogen (secondary N) is 1. The molecule has 0 bridgehead atoms. The van der Waals surface area contributed by atoms with E-state index in [2.05, 4.69) is 5.32 Å². The number of ether oxygens (including phenoxy) is 1. The van der Waals surface area contributed by atoms with Crippen molar-refractivity contribution in [1.29, 1.82) is 0 Å². The molecule has 0 spiro atoms. The maximum absolute atomic E-state index is 13.4. The van der Waals surface area contributed by atoms with Gasteiger partial charge in [0, 0.05) is 12.6 Å². The van der Waals surface area contributed by atoms with Gasteiger partial charge in [-0.1, -0.05) is 19.3 Å². The SMILES string of the molecule is Fc1c(F)c(F)c(COCCNC2CCCCC2)c(F)c1F. The van der Waals surface area contributed by atoms with Gasteiger partial charge in [-0.25, -0.2) is 22.0 Å². The Morgan fingerprint density at radius 1 is 0.818 bits per heavy atom. The minimum absolute atomic E-state index is 0.135. The molecule has 1 N–H and O–H groups in total. The van der Waals surface area contributed by atoms with Crippen molar-refractivity contribution in [3.63, 3.8) is 0 Å². The average molecular weight is 323 g/mol. The smallest absolute Gasteiger partial charge is 0.200 e. The fourth-order valence-electron chi connectivity index (χ4n) is 2.59. The Bertz CT molecular complexity index is 488. The van der Waals surface area contributed by atoms with Gasteiger partial charge in [0.15, 0.2) is 23.3 Å². The lowest BCUT2D eigenvalue weighted by atomic mass is 9.96. The molecule has 2 rings (SSSR count). The third-order valence-electron chi connectivity index (χ3n) is 3.83. The summed E-state index contributed by atoms with van der Waals surface area (Å²) in [5.41, 5.74) is -0.936. The van der Waals surface area contributed by atoms with E-state index in [-0.39, 0.29) is 6.61 Å². The highest BCUT2D eigenvalue weighted by Gasteiger charge is 2.25. The number of hydrogen-bond donors (Lipinski definition) is 1. The predicted molar refractivity (Wildman–Crippen MR) is 70.8 cm³/mol. The van der Waals surface area contributed by atoms with E-state index in [9.17, 15) is 22.0 Å². The van der Waals surface area contributed by atoms with Gasteiger partial charge in [-0.3, -0.25) is 0 Å². The predicted octanol–water partition coefficient (Wildman–Crippen LogP) is 3.82. The highest BCUT2D eigenvalue weighted by Crippen LogP contribution is 2.23. The zero-order valence-corrected chi connectivity index (χ0v) is 12.0. The lowest BCUT2D eigenvalue weighted by Crippen LogP contribution is -2.33. The van der Waals surface area contributed by atoms with E-state index in [4.69, 9.17) is 4.74 Å². The summed E-state index contributed by atoms with van der Waals surface area (Å²) in [5, 5.41) is 3.25. The van der Waals surface area contributed by atoms with E-state index in [0.717, 1.165) is 12.8 Å². The standard InChI is InChI=1S/C15H18F5NO/c16-11-10(12(17)14(19)15(20)13(11)18)8-22-7-6-21-9-4-2-1-3-5-9/h9,21H,1-8H2. The third kappa shape index (κ3) is 3.95. The van der Waals surface area contributed by atoms with Gasteiger partial charge in [0.1, 0.15) is 0 Å². The zero-order valence-electron chi connectivity index (χ0n) is 12.0. The first kappa shape index (κ1) is 17.1.